The Hall–Kier alpha value is -1.82. The van der Waals surface area contributed by atoms with Gasteiger partial charge in [0.2, 0.25) is 0 Å². The molecule has 0 aliphatic heterocycles. The van der Waals surface area contributed by atoms with Crippen molar-refractivity contribution in [2.45, 2.75) is 39.5 Å². The van der Waals surface area contributed by atoms with E-state index < -0.39 is 0 Å². The van der Waals surface area contributed by atoms with E-state index in [-0.39, 0.29) is 5.97 Å². The topological polar surface area (TPSA) is 50.1 Å². The van der Waals surface area contributed by atoms with Crippen molar-refractivity contribution in [3.05, 3.63) is 35.4 Å². The summed E-state index contributed by atoms with van der Waals surface area (Å²) in [5.41, 5.74) is 1.05. The Morgan fingerprint density at radius 1 is 1.32 bits per heavy atom. The molecule has 0 amide bonds. The van der Waals surface area contributed by atoms with Crippen LogP contribution in [0.2, 0.25) is 0 Å². The van der Waals surface area contributed by atoms with Gasteiger partial charge in [0.05, 0.1) is 23.8 Å². The molecule has 0 N–H and O–H groups in total. The fraction of sp³-hybridized carbons (Fsp3) is 0.500. The van der Waals surface area contributed by atoms with Crippen LogP contribution in [0, 0.1) is 17.2 Å². The highest BCUT2D eigenvalue weighted by molar-refractivity contribution is 5.89. The average molecular weight is 259 g/mol. The highest BCUT2D eigenvalue weighted by atomic mass is 16.5. The third-order valence-corrected chi connectivity index (χ3v) is 3.24. The van der Waals surface area contributed by atoms with Gasteiger partial charge in [-0.3, -0.25) is 0 Å². The van der Waals surface area contributed by atoms with Crippen LogP contribution in [0.3, 0.4) is 0 Å². The van der Waals surface area contributed by atoms with Gasteiger partial charge in [-0.1, -0.05) is 33.1 Å². The number of ether oxygens (including phenoxy) is 1. The van der Waals surface area contributed by atoms with Gasteiger partial charge in [0.15, 0.2) is 0 Å². The van der Waals surface area contributed by atoms with Crippen LogP contribution in [0.25, 0.3) is 0 Å². The number of benzene rings is 1. The van der Waals surface area contributed by atoms with Crippen LogP contribution in [0.5, 0.6) is 0 Å². The first-order valence-electron chi connectivity index (χ1n) is 6.88. The zero-order chi connectivity index (χ0) is 14.1. The van der Waals surface area contributed by atoms with Crippen molar-refractivity contribution < 1.29 is 9.53 Å². The van der Waals surface area contributed by atoms with E-state index in [1.54, 1.807) is 24.3 Å². The highest BCUT2D eigenvalue weighted by Gasteiger charge is 2.11. The first kappa shape index (κ1) is 15.2. The normalized spacial score (nSPS) is 11.6. The summed E-state index contributed by atoms with van der Waals surface area (Å²) in [6.45, 7) is 4.76. The fourth-order valence-electron chi connectivity index (χ4n) is 1.86. The van der Waals surface area contributed by atoms with Crippen molar-refractivity contribution in [2.24, 2.45) is 5.92 Å². The molecule has 1 rings (SSSR count). The molecular weight excluding hydrogens is 238 g/mol. The molecule has 1 atom stereocenters. The number of carbonyl (C=O) groups is 1. The monoisotopic (exact) mass is 259 g/mol. The Kier molecular flexibility index (Phi) is 6.67. The second-order valence-corrected chi connectivity index (χ2v) is 4.70. The molecule has 0 aliphatic carbocycles. The lowest BCUT2D eigenvalue weighted by molar-refractivity contribution is 0.0428. The molecule has 0 saturated carbocycles. The van der Waals surface area contributed by atoms with E-state index >= 15 is 0 Å². The van der Waals surface area contributed by atoms with Crippen LogP contribution in [0.4, 0.5) is 0 Å². The lowest BCUT2D eigenvalue weighted by Crippen LogP contribution is -2.14. The van der Waals surface area contributed by atoms with Crippen molar-refractivity contribution in [1.29, 1.82) is 5.26 Å². The standard InChI is InChI=1S/C16H21NO2/c1-3-5-6-13(4-2)12-19-16(18)15-9-7-14(11-17)8-10-15/h7-10,13H,3-6,12H2,1-2H3. The first-order valence-corrected chi connectivity index (χ1v) is 6.88. The predicted molar refractivity (Wildman–Crippen MR) is 74.7 cm³/mol. The smallest absolute Gasteiger partial charge is 0.338 e. The quantitative estimate of drug-likeness (QED) is 0.697. The Bertz CT molecular complexity index is 431. The first-order chi connectivity index (χ1) is 9.21. The number of nitrogens with zero attached hydrogens (tertiary/aromatic N) is 1. The van der Waals surface area contributed by atoms with Crippen LogP contribution in [0.1, 0.15) is 55.5 Å². The summed E-state index contributed by atoms with van der Waals surface area (Å²) in [5, 5.41) is 8.69. The van der Waals surface area contributed by atoms with Crippen LogP contribution in [-0.4, -0.2) is 12.6 Å². The fourth-order valence-corrected chi connectivity index (χ4v) is 1.86. The van der Waals surface area contributed by atoms with Crippen molar-refractivity contribution in [3.63, 3.8) is 0 Å². The van der Waals surface area contributed by atoms with Crippen molar-refractivity contribution in [3.8, 4) is 6.07 Å². The third-order valence-electron chi connectivity index (χ3n) is 3.24. The second kappa shape index (κ2) is 8.31. The maximum Gasteiger partial charge on any atom is 0.338 e. The molecule has 0 fully saturated rings. The summed E-state index contributed by atoms with van der Waals surface area (Å²) in [6, 6.07) is 8.55. The van der Waals surface area contributed by atoms with Crippen molar-refractivity contribution >= 4 is 5.97 Å². The Labute approximate surface area is 115 Å². The molecule has 0 heterocycles. The van der Waals surface area contributed by atoms with Gasteiger partial charge in [-0.25, -0.2) is 4.79 Å². The summed E-state index contributed by atoms with van der Waals surface area (Å²) >= 11 is 0. The molecule has 0 aromatic heterocycles. The SMILES string of the molecule is CCCCC(CC)COC(=O)c1ccc(C#N)cc1. The summed E-state index contributed by atoms with van der Waals surface area (Å²) in [4.78, 5) is 11.8. The lowest BCUT2D eigenvalue weighted by Gasteiger charge is -2.14. The molecule has 0 saturated heterocycles. The summed E-state index contributed by atoms with van der Waals surface area (Å²) in [5.74, 6) is 0.140. The van der Waals surface area contributed by atoms with Crippen molar-refractivity contribution in [2.75, 3.05) is 6.61 Å². The number of rotatable bonds is 7. The van der Waals surface area contributed by atoms with Gasteiger partial charge in [0.25, 0.3) is 0 Å². The second-order valence-electron chi connectivity index (χ2n) is 4.70. The molecule has 1 aromatic rings. The molecule has 0 radical (unpaired) electrons. The average Bonchev–Trinajstić information content (AvgIpc) is 2.47. The third kappa shape index (κ3) is 5.13. The molecule has 1 unspecified atom stereocenters. The van der Waals surface area contributed by atoms with E-state index in [2.05, 4.69) is 13.8 Å². The molecule has 3 heteroatoms. The van der Waals surface area contributed by atoms with Gasteiger partial charge in [0.1, 0.15) is 0 Å². The van der Waals surface area contributed by atoms with E-state index in [1.165, 1.54) is 12.8 Å². The number of esters is 1. The molecule has 0 bridgehead atoms. The van der Waals surface area contributed by atoms with Gasteiger partial charge < -0.3 is 4.74 Å². The molecule has 0 spiro atoms. The number of carbonyl (C=O) groups excluding carboxylic acids is 1. The van der Waals surface area contributed by atoms with Gasteiger partial charge in [-0.2, -0.15) is 5.26 Å². The van der Waals surface area contributed by atoms with Gasteiger partial charge in [0, 0.05) is 0 Å². The number of unbranched alkanes of at least 4 members (excludes halogenated alkanes) is 1. The van der Waals surface area contributed by atoms with E-state index in [1.807, 2.05) is 6.07 Å². The van der Waals surface area contributed by atoms with Crippen LogP contribution >= 0.6 is 0 Å². The molecule has 0 aliphatic rings. The maximum absolute atomic E-state index is 11.8. The van der Waals surface area contributed by atoms with Crippen LogP contribution in [0.15, 0.2) is 24.3 Å². The minimum atomic E-state index is -0.306. The van der Waals surface area contributed by atoms with Crippen LogP contribution in [-0.2, 0) is 4.74 Å². The van der Waals surface area contributed by atoms with Crippen molar-refractivity contribution in [1.82, 2.24) is 0 Å². The van der Waals surface area contributed by atoms with E-state index in [0.29, 0.717) is 23.7 Å². The zero-order valence-electron chi connectivity index (χ0n) is 11.7. The van der Waals surface area contributed by atoms with E-state index in [9.17, 15) is 4.79 Å². The molecular formula is C16H21NO2. The molecule has 102 valence electrons. The number of hydrogen-bond acceptors (Lipinski definition) is 3. The Morgan fingerprint density at radius 3 is 2.53 bits per heavy atom. The molecule has 3 nitrogen and oxygen atoms in total. The number of hydrogen-bond donors (Lipinski definition) is 0. The number of nitriles is 1. The zero-order valence-corrected chi connectivity index (χ0v) is 11.7. The van der Waals surface area contributed by atoms with E-state index in [4.69, 9.17) is 10.00 Å². The largest absolute Gasteiger partial charge is 0.462 e. The predicted octanol–water partition coefficient (Wildman–Crippen LogP) is 3.93. The Balaban J connectivity index is 2.47. The van der Waals surface area contributed by atoms with Gasteiger partial charge in [-0.05, 0) is 36.6 Å². The minimum absolute atomic E-state index is 0.306. The lowest BCUT2D eigenvalue weighted by atomic mass is 10.0. The van der Waals surface area contributed by atoms with Gasteiger partial charge >= 0.3 is 5.97 Å². The maximum atomic E-state index is 11.8. The molecule has 19 heavy (non-hydrogen) atoms. The van der Waals surface area contributed by atoms with E-state index in [0.717, 1.165) is 12.8 Å². The van der Waals surface area contributed by atoms with Gasteiger partial charge in [-0.15, -0.1) is 0 Å². The Morgan fingerprint density at radius 2 is 2.00 bits per heavy atom. The van der Waals surface area contributed by atoms with Crippen LogP contribution < -0.4 is 0 Å². The summed E-state index contributed by atoms with van der Waals surface area (Å²) in [6.07, 6.45) is 4.47. The highest BCUT2D eigenvalue weighted by Crippen LogP contribution is 2.14. The minimum Gasteiger partial charge on any atom is -0.462 e. The summed E-state index contributed by atoms with van der Waals surface area (Å²) in [7, 11) is 0. The summed E-state index contributed by atoms with van der Waals surface area (Å²) < 4.78 is 5.33. The molecule has 1 aromatic carbocycles.